The number of nitrogens with two attached hydrogens (primary N) is 1. The van der Waals surface area contributed by atoms with Crippen molar-refractivity contribution in [3.8, 4) is 0 Å². The first-order chi connectivity index (χ1) is 6.63. The Hall–Kier alpha value is -0.820. The Kier molecular flexibility index (Phi) is 4.15. The van der Waals surface area contributed by atoms with Crippen molar-refractivity contribution in [2.24, 2.45) is 5.73 Å². The van der Waals surface area contributed by atoms with Crippen LogP contribution in [0.3, 0.4) is 0 Å². The molecule has 1 rings (SSSR count). The molecule has 14 heavy (non-hydrogen) atoms. The van der Waals surface area contributed by atoms with Crippen LogP contribution < -0.4 is 5.73 Å². The molecule has 1 heteroatoms. The van der Waals surface area contributed by atoms with Crippen LogP contribution in [0.2, 0.25) is 0 Å². The van der Waals surface area contributed by atoms with Crippen molar-refractivity contribution in [3.05, 3.63) is 34.9 Å². The van der Waals surface area contributed by atoms with Gasteiger partial charge in [0.15, 0.2) is 0 Å². The molecule has 0 saturated carbocycles. The molecule has 1 atom stereocenters. The quantitative estimate of drug-likeness (QED) is 0.778. The van der Waals surface area contributed by atoms with Gasteiger partial charge in [-0.25, -0.2) is 0 Å². The van der Waals surface area contributed by atoms with Crippen LogP contribution in [0.25, 0.3) is 0 Å². The van der Waals surface area contributed by atoms with Crippen LogP contribution in [-0.2, 0) is 6.42 Å². The number of hydrogen-bond donors (Lipinski definition) is 1. The van der Waals surface area contributed by atoms with Crippen molar-refractivity contribution in [3.63, 3.8) is 0 Å². The van der Waals surface area contributed by atoms with Gasteiger partial charge < -0.3 is 5.73 Å². The first-order valence-electron chi connectivity index (χ1n) is 5.45. The molecule has 2 N–H and O–H groups in total. The molecular formula is C13H21N. The van der Waals surface area contributed by atoms with Gasteiger partial charge in [-0.3, -0.25) is 0 Å². The van der Waals surface area contributed by atoms with E-state index < -0.39 is 0 Å². The lowest BCUT2D eigenvalue weighted by molar-refractivity contribution is 0.596. The van der Waals surface area contributed by atoms with E-state index in [1.807, 2.05) is 0 Å². The summed E-state index contributed by atoms with van der Waals surface area (Å²) < 4.78 is 0. The summed E-state index contributed by atoms with van der Waals surface area (Å²) >= 11 is 0. The molecule has 78 valence electrons. The van der Waals surface area contributed by atoms with E-state index in [9.17, 15) is 0 Å². The summed E-state index contributed by atoms with van der Waals surface area (Å²) in [7, 11) is 0. The summed E-state index contributed by atoms with van der Waals surface area (Å²) in [5.74, 6) is 0. The third kappa shape index (κ3) is 3.15. The van der Waals surface area contributed by atoms with Gasteiger partial charge in [0.1, 0.15) is 0 Å². The van der Waals surface area contributed by atoms with Gasteiger partial charge in [0.2, 0.25) is 0 Å². The molecule has 1 aromatic carbocycles. The molecule has 0 aromatic heterocycles. The Morgan fingerprint density at radius 1 is 1.21 bits per heavy atom. The number of rotatable bonds is 4. The second-order valence-corrected chi connectivity index (χ2v) is 4.13. The topological polar surface area (TPSA) is 26.0 Å². The zero-order chi connectivity index (χ0) is 10.6. The lowest BCUT2D eigenvalue weighted by Gasteiger charge is -2.09. The molecule has 1 unspecified atom stereocenters. The summed E-state index contributed by atoms with van der Waals surface area (Å²) in [4.78, 5) is 0. The largest absolute Gasteiger partial charge is 0.328 e. The lowest BCUT2D eigenvalue weighted by Crippen LogP contribution is -2.19. The van der Waals surface area contributed by atoms with Gasteiger partial charge in [-0.2, -0.15) is 0 Å². The SMILES string of the molecule is CCC(N)CCc1ccc(C)c(C)c1. The average Bonchev–Trinajstić information content (AvgIpc) is 2.19. The Balaban J connectivity index is 2.55. The van der Waals surface area contributed by atoms with Crippen molar-refractivity contribution >= 4 is 0 Å². The van der Waals surface area contributed by atoms with Crippen LogP contribution in [0.5, 0.6) is 0 Å². The van der Waals surface area contributed by atoms with Crippen LogP contribution in [0.15, 0.2) is 18.2 Å². The average molecular weight is 191 g/mol. The van der Waals surface area contributed by atoms with Crippen molar-refractivity contribution in [2.45, 2.75) is 46.1 Å². The minimum absolute atomic E-state index is 0.358. The number of hydrogen-bond acceptors (Lipinski definition) is 1. The predicted molar refractivity (Wildman–Crippen MR) is 62.5 cm³/mol. The Bertz CT molecular complexity index is 291. The highest BCUT2D eigenvalue weighted by Gasteiger charge is 2.01. The second-order valence-electron chi connectivity index (χ2n) is 4.13. The lowest BCUT2D eigenvalue weighted by atomic mass is 10.0. The van der Waals surface area contributed by atoms with E-state index in [-0.39, 0.29) is 0 Å². The second kappa shape index (κ2) is 5.16. The summed E-state index contributed by atoms with van der Waals surface area (Å²) in [5, 5.41) is 0. The van der Waals surface area contributed by atoms with Gasteiger partial charge in [0.25, 0.3) is 0 Å². The summed E-state index contributed by atoms with van der Waals surface area (Å²) in [5.41, 5.74) is 10.1. The van der Waals surface area contributed by atoms with Crippen LogP contribution in [0.4, 0.5) is 0 Å². The van der Waals surface area contributed by atoms with E-state index >= 15 is 0 Å². The third-order valence-corrected chi connectivity index (χ3v) is 2.90. The van der Waals surface area contributed by atoms with Crippen molar-refractivity contribution in [1.29, 1.82) is 0 Å². The third-order valence-electron chi connectivity index (χ3n) is 2.90. The number of aryl methyl sites for hydroxylation is 3. The first kappa shape index (κ1) is 11.3. The van der Waals surface area contributed by atoms with Gasteiger partial charge in [-0.15, -0.1) is 0 Å². The van der Waals surface area contributed by atoms with Gasteiger partial charge in [-0.1, -0.05) is 25.1 Å². The molecule has 0 bridgehead atoms. The minimum atomic E-state index is 0.358. The molecule has 0 amide bonds. The zero-order valence-electron chi connectivity index (χ0n) is 9.51. The molecule has 0 aliphatic rings. The van der Waals surface area contributed by atoms with Crippen molar-refractivity contribution < 1.29 is 0 Å². The van der Waals surface area contributed by atoms with E-state index in [4.69, 9.17) is 5.73 Å². The predicted octanol–water partition coefficient (Wildman–Crippen LogP) is 2.97. The molecule has 1 aromatic rings. The standard InChI is InChI=1S/C13H21N/c1-4-13(14)8-7-12-6-5-10(2)11(3)9-12/h5-6,9,13H,4,7-8,14H2,1-3H3. The maximum absolute atomic E-state index is 5.89. The van der Waals surface area contributed by atoms with E-state index in [1.165, 1.54) is 16.7 Å². The Morgan fingerprint density at radius 2 is 1.93 bits per heavy atom. The van der Waals surface area contributed by atoms with Crippen molar-refractivity contribution in [2.75, 3.05) is 0 Å². The zero-order valence-corrected chi connectivity index (χ0v) is 9.51. The fourth-order valence-electron chi connectivity index (χ4n) is 1.52. The number of benzene rings is 1. The van der Waals surface area contributed by atoms with Crippen LogP contribution >= 0.6 is 0 Å². The highest BCUT2D eigenvalue weighted by Crippen LogP contribution is 2.12. The van der Waals surface area contributed by atoms with Crippen molar-refractivity contribution in [1.82, 2.24) is 0 Å². The minimum Gasteiger partial charge on any atom is -0.328 e. The molecule has 0 heterocycles. The van der Waals surface area contributed by atoms with E-state index in [1.54, 1.807) is 0 Å². The molecule has 0 spiro atoms. The fraction of sp³-hybridized carbons (Fsp3) is 0.538. The molecule has 1 nitrogen and oxygen atoms in total. The highest BCUT2D eigenvalue weighted by atomic mass is 14.6. The fourth-order valence-corrected chi connectivity index (χ4v) is 1.52. The van der Waals surface area contributed by atoms with Gasteiger partial charge in [0.05, 0.1) is 0 Å². The van der Waals surface area contributed by atoms with Gasteiger partial charge in [-0.05, 0) is 49.8 Å². The molecule has 0 radical (unpaired) electrons. The molecule has 0 aliphatic carbocycles. The van der Waals surface area contributed by atoms with E-state index in [2.05, 4.69) is 39.0 Å². The smallest absolute Gasteiger partial charge is 0.00393 e. The molecular weight excluding hydrogens is 170 g/mol. The van der Waals surface area contributed by atoms with Gasteiger partial charge >= 0.3 is 0 Å². The maximum Gasteiger partial charge on any atom is 0.00393 e. The van der Waals surface area contributed by atoms with E-state index in [0.717, 1.165) is 19.3 Å². The Labute approximate surface area is 87.3 Å². The van der Waals surface area contributed by atoms with Crippen LogP contribution in [-0.4, -0.2) is 6.04 Å². The normalized spacial score (nSPS) is 12.9. The van der Waals surface area contributed by atoms with Crippen LogP contribution in [0, 0.1) is 13.8 Å². The highest BCUT2D eigenvalue weighted by molar-refractivity contribution is 5.29. The molecule has 0 saturated heterocycles. The summed E-state index contributed by atoms with van der Waals surface area (Å²) in [6.45, 7) is 6.46. The molecule has 0 aliphatic heterocycles. The monoisotopic (exact) mass is 191 g/mol. The van der Waals surface area contributed by atoms with Crippen LogP contribution in [0.1, 0.15) is 36.5 Å². The summed E-state index contributed by atoms with van der Waals surface area (Å²) in [6.07, 6.45) is 3.28. The van der Waals surface area contributed by atoms with Gasteiger partial charge in [0, 0.05) is 6.04 Å². The van der Waals surface area contributed by atoms with E-state index in [0.29, 0.717) is 6.04 Å². The summed E-state index contributed by atoms with van der Waals surface area (Å²) in [6, 6.07) is 7.04. The maximum atomic E-state index is 5.89. The first-order valence-corrected chi connectivity index (χ1v) is 5.45. The Morgan fingerprint density at radius 3 is 2.50 bits per heavy atom. The molecule has 0 fully saturated rings.